The molecule has 0 aromatic heterocycles. The van der Waals surface area contributed by atoms with Crippen molar-refractivity contribution < 1.29 is 14.7 Å². The quantitative estimate of drug-likeness (QED) is 0.865. The summed E-state index contributed by atoms with van der Waals surface area (Å²) in [5.41, 5.74) is 0.168. The van der Waals surface area contributed by atoms with Crippen molar-refractivity contribution in [1.29, 1.82) is 0 Å². The molecule has 1 amide bonds. The van der Waals surface area contributed by atoms with Crippen LogP contribution in [0.15, 0.2) is 28.7 Å². The molecule has 2 unspecified atom stereocenters. The lowest BCUT2D eigenvalue weighted by atomic mass is 9.83. The van der Waals surface area contributed by atoms with Crippen molar-refractivity contribution in [3.63, 3.8) is 0 Å². The van der Waals surface area contributed by atoms with E-state index >= 15 is 0 Å². The van der Waals surface area contributed by atoms with Crippen molar-refractivity contribution in [2.75, 3.05) is 0 Å². The number of hydrogen-bond donors (Lipinski definition) is 2. The largest absolute Gasteiger partial charge is 0.481 e. The van der Waals surface area contributed by atoms with Gasteiger partial charge in [0, 0.05) is 10.5 Å². The van der Waals surface area contributed by atoms with Crippen LogP contribution in [-0.2, 0) is 15.0 Å². The van der Waals surface area contributed by atoms with Crippen molar-refractivity contribution in [1.82, 2.24) is 5.32 Å². The number of rotatable bonds is 5. The summed E-state index contributed by atoms with van der Waals surface area (Å²) < 4.78 is 0.949. The second-order valence-corrected chi connectivity index (χ2v) is 6.44. The summed E-state index contributed by atoms with van der Waals surface area (Å²) in [6.45, 7) is 6.93. The molecule has 0 heterocycles. The number of halogens is 1. The maximum absolute atomic E-state index is 12.4. The molecule has 5 heteroatoms. The van der Waals surface area contributed by atoms with Gasteiger partial charge in [0.25, 0.3) is 0 Å². The van der Waals surface area contributed by atoms with Gasteiger partial charge in [-0.1, -0.05) is 28.1 Å². The van der Waals surface area contributed by atoms with Crippen molar-refractivity contribution in [3.05, 3.63) is 34.3 Å². The standard InChI is InChI=1S/C15H20BrNO3/c1-9(13(18)19)10(2)17-14(20)15(3,4)11-5-7-12(16)8-6-11/h5-10H,1-4H3,(H,17,20)(H,18,19). The van der Waals surface area contributed by atoms with E-state index in [-0.39, 0.29) is 5.91 Å². The minimum Gasteiger partial charge on any atom is -0.481 e. The van der Waals surface area contributed by atoms with Crippen LogP contribution in [0.3, 0.4) is 0 Å². The molecule has 4 nitrogen and oxygen atoms in total. The molecule has 1 aromatic rings. The molecule has 0 fully saturated rings. The van der Waals surface area contributed by atoms with Crippen LogP contribution in [0.4, 0.5) is 0 Å². The maximum atomic E-state index is 12.4. The highest BCUT2D eigenvalue weighted by Gasteiger charge is 2.32. The second kappa shape index (κ2) is 6.39. The molecule has 0 spiro atoms. The predicted molar refractivity (Wildman–Crippen MR) is 81.6 cm³/mol. The van der Waals surface area contributed by atoms with Gasteiger partial charge in [-0.05, 0) is 45.4 Å². The number of aliphatic carboxylic acids is 1. The minimum absolute atomic E-state index is 0.180. The van der Waals surface area contributed by atoms with Gasteiger partial charge in [0.1, 0.15) is 0 Å². The zero-order chi connectivity index (χ0) is 15.5. The van der Waals surface area contributed by atoms with Crippen LogP contribution in [0.5, 0.6) is 0 Å². The zero-order valence-electron chi connectivity index (χ0n) is 12.1. The summed E-state index contributed by atoms with van der Waals surface area (Å²) in [6, 6.07) is 7.11. The first-order chi connectivity index (χ1) is 9.16. The Kier molecular flexibility index (Phi) is 5.34. The third-order valence-electron chi connectivity index (χ3n) is 3.63. The number of hydrogen-bond acceptors (Lipinski definition) is 2. The lowest BCUT2D eigenvalue weighted by molar-refractivity contribution is -0.142. The van der Waals surface area contributed by atoms with Gasteiger partial charge >= 0.3 is 5.97 Å². The number of amides is 1. The molecular weight excluding hydrogens is 322 g/mol. The summed E-state index contributed by atoms with van der Waals surface area (Å²) in [6.07, 6.45) is 0. The van der Waals surface area contributed by atoms with Crippen molar-refractivity contribution in [2.45, 2.75) is 39.2 Å². The molecule has 0 saturated carbocycles. The molecule has 0 saturated heterocycles. The van der Waals surface area contributed by atoms with Crippen LogP contribution in [0.25, 0.3) is 0 Å². The van der Waals surface area contributed by atoms with Crippen molar-refractivity contribution in [2.24, 2.45) is 5.92 Å². The molecular formula is C15H20BrNO3. The van der Waals surface area contributed by atoms with Crippen LogP contribution in [-0.4, -0.2) is 23.0 Å². The Morgan fingerprint density at radius 2 is 1.70 bits per heavy atom. The Balaban J connectivity index is 2.84. The lowest BCUT2D eigenvalue weighted by Gasteiger charge is -2.27. The highest BCUT2D eigenvalue weighted by Crippen LogP contribution is 2.25. The van der Waals surface area contributed by atoms with E-state index in [2.05, 4.69) is 21.2 Å². The van der Waals surface area contributed by atoms with Crippen LogP contribution >= 0.6 is 15.9 Å². The number of nitrogens with one attached hydrogen (secondary N) is 1. The fourth-order valence-corrected chi connectivity index (χ4v) is 1.99. The highest BCUT2D eigenvalue weighted by atomic mass is 79.9. The zero-order valence-corrected chi connectivity index (χ0v) is 13.7. The SMILES string of the molecule is CC(NC(=O)C(C)(C)c1ccc(Br)cc1)C(C)C(=O)O. The van der Waals surface area contributed by atoms with Crippen LogP contribution in [0.2, 0.25) is 0 Å². The third-order valence-corrected chi connectivity index (χ3v) is 4.16. The average molecular weight is 342 g/mol. The first kappa shape index (κ1) is 16.7. The smallest absolute Gasteiger partial charge is 0.308 e. The van der Waals surface area contributed by atoms with Gasteiger partial charge in [-0.25, -0.2) is 0 Å². The van der Waals surface area contributed by atoms with Crippen LogP contribution in [0.1, 0.15) is 33.3 Å². The third kappa shape index (κ3) is 3.82. The van der Waals surface area contributed by atoms with E-state index in [9.17, 15) is 9.59 Å². The summed E-state index contributed by atoms with van der Waals surface area (Å²) in [4.78, 5) is 23.3. The predicted octanol–water partition coefficient (Wildman–Crippen LogP) is 2.95. The van der Waals surface area contributed by atoms with Gasteiger partial charge in [0.15, 0.2) is 0 Å². The molecule has 110 valence electrons. The fourth-order valence-electron chi connectivity index (χ4n) is 1.72. The Hall–Kier alpha value is -1.36. The maximum Gasteiger partial charge on any atom is 0.308 e. The van der Waals surface area contributed by atoms with Gasteiger partial charge in [0.05, 0.1) is 11.3 Å². The van der Waals surface area contributed by atoms with Crippen molar-refractivity contribution >= 4 is 27.8 Å². The van der Waals surface area contributed by atoms with E-state index in [4.69, 9.17) is 5.11 Å². The monoisotopic (exact) mass is 341 g/mol. The normalized spacial score (nSPS) is 14.4. The molecule has 0 bridgehead atoms. The molecule has 0 aliphatic heterocycles. The Bertz CT molecular complexity index is 496. The molecule has 0 aliphatic carbocycles. The topological polar surface area (TPSA) is 66.4 Å². The lowest BCUT2D eigenvalue weighted by Crippen LogP contribution is -2.47. The van der Waals surface area contributed by atoms with E-state index in [0.29, 0.717) is 0 Å². The highest BCUT2D eigenvalue weighted by molar-refractivity contribution is 9.10. The number of carboxylic acids is 1. The number of benzene rings is 1. The van der Waals surface area contributed by atoms with E-state index < -0.39 is 23.3 Å². The first-order valence-electron chi connectivity index (χ1n) is 6.46. The Morgan fingerprint density at radius 1 is 1.20 bits per heavy atom. The summed E-state index contributed by atoms with van der Waals surface area (Å²) in [5.74, 6) is -1.72. The molecule has 2 N–H and O–H groups in total. The van der Waals surface area contributed by atoms with E-state index in [1.54, 1.807) is 13.8 Å². The Labute approximate surface area is 127 Å². The summed E-state index contributed by atoms with van der Waals surface area (Å²) in [5, 5.41) is 11.7. The second-order valence-electron chi connectivity index (χ2n) is 5.52. The van der Waals surface area contributed by atoms with Gasteiger partial charge in [-0.2, -0.15) is 0 Å². The number of carboxylic acid groups (broad SMARTS) is 1. The summed E-state index contributed by atoms with van der Waals surface area (Å²) in [7, 11) is 0. The first-order valence-corrected chi connectivity index (χ1v) is 7.25. The fraction of sp³-hybridized carbons (Fsp3) is 0.467. The van der Waals surface area contributed by atoms with E-state index in [0.717, 1.165) is 10.0 Å². The van der Waals surface area contributed by atoms with E-state index in [1.165, 1.54) is 0 Å². The van der Waals surface area contributed by atoms with Crippen LogP contribution < -0.4 is 5.32 Å². The molecule has 0 radical (unpaired) electrons. The van der Waals surface area contributed by atoms with Crippen LogP contribution in [0, 0.1) is 5.92 Å². The number of carbonyl (C=O) groups is 2. The van der Waals surface area contributed by atoms with Gasteiger partial charge < -0.3 is 10.4 Å². The molecule has 1 rings (SSSR count). The van der Waals surface area contributed by atoms with Gasteiger partial charge in [-0.15, -0.1) is 0 Å². The average Bonchev–Trinajstić information content (AvgIpc) is 2.37. The summed E-state index contributed by atoms with van der Waals surface area (Å²) >= 11 is 3.36. The molecule has 0 aliphatic rings. The van der Waals surface area contributed by atoms with Gasteiger partial charge in [-0.3, -0.25) is 9.59 Å². The molecule has 2 atom stereocenters. The van der Waals surface area contributed by atoms with Crippen molar-refractivity contribution in [3.8, 4) is 0 Å². The Morgan fingerprint density at radius 3 is 2.15 bits per heavy atom. The minimum atomic E-state index is -0.917. The number of carbonyl (C=O) groups excluding carboxylic acids is 1. The molecule has 20 heavy (non-hydrogen) atoms. The molecule has 1 aromatic carbocycles. The van der Waals surface area contributed by atoms with E-state index in [1.807, 2.05) is 38.1 Å². The van der Waals surface area contributed by atoms with Gasteiger partial charge in [0.2, 0.25) is 5.91 Å².